The molecule has 0 spiro atoms. The van der Waals surface area contributed by atoms with Gasteiger partial charge in [-0.15, -0.1) is 11.3 Å². The van der Waals surface area contributed by atoms with Gasteiger partial charge in [-0.1, -0.05) is 31.2 Å². The summed E-state index contributed by atoms with van der Waals surface area (Å²) in [6, 6.07) is 15.3. The van der Waals surface area contributed by atoms with E-state index in [2.05, 4.69) is 16.4 Å². The lowest BCUT2D eigenvalue weighted by molar-refractivity contribution is -0.118. The molecule has 0 radical (unpaired) electrons. The lowest BCUT2D eigenvalue weighted by atomic mass is 10.1. The van der Waals surface area contributed by atoms with Gasteiger partial charge in [0, 0.05) is 35.0 Å². The number of anilines is 2. The fraction of sp³-hybridized carbons (Fsp3) is 0.174. The number of benzene rings is 2. The van der Waals surface area contributed by atoms with Gasteiger partial charge in [0.25, 0.3) is 5.91 Å². The Labute approximate surface area is 177 Å². The zero-order chi connectivity index (χ0) is 20.7. The van der Waals surface area contributed by atoms with Gasteiger partial charge in [0.05, 0.1) is 5.69 Å². The van der Waals surface area contributed by atoms with Crippen molar-refractivity contribution >= 4 is 44.9 Å². The van der Waals surface area contributed by atoms with Crippen molar-refractivity contribution in [2.24, 2.45) is 0 Å². The fourth-order valence-corrected chi connectivity index (χ4v) is 4.44. The third-order valence-corrected chi connectivity index (χ3v) is 6.01. The summed E-state index contributed by atoms with van der Waals surface area (Å²) in [5, 5.41) is 6.13. The fourth-order valence-electron chi connectivity index (χ4n) is 3.73. The van der Waals surface area contributed by atoms with E-state index in [0.717, 1.165) is 40.9 Å². The van der Waals surface area contributed by atoms with Gasteiger partial charge >= 0.3 is 0 Å². The molecule has 1 aliphatic rings. The highest BCUT2D eigenvalue weighted by Gasteiger charge is 2.24. The Kier molecular flexibility index (Phi) is 4.59. The molecule has 2 aromatic carbocycles. The van der Waals surface area contributed by atoms with Gasteiger partial charge < -0.3 is 9.32 Å². The van der Waals surface area contributed by atoms with Crippen LogP contribution in [-0.4, -0.2) is 23.3 Å². The lowest BCUT2D eigenvalue weighted by Gasteiger charge is -2.16. The monoisotopic (exact) mass is 417 g/mol. The molecule has 150 valence electrons. The zero-order valence-corrected chi connectivity index (χ0v) is 17.2. The largest absolute Gasteiger partial charge is 0.451 e. The number of aromatic nitrogens is 1. The lowest BCUT2D eigenvalue weighted by Crippen LogP contribution is -2.27. The summed E-state index contributed by atoms with van der Waals surface area (Å²) in [6.45, 7) is 2.60. The predicted octanol–water partition coefficient (Wildman–Crippen LogP) is 5.11. The maximum absolute atomic E-state index is 12.5. The number of hydrogen-bond donors (Lipinski definition) is 1. The van der Waals surface area contributed by atoms with E-state index in [1.54, 1.807) is 6.07 Å². The molecule has 6 nitrogen and oxygen atoms in total. The number of rotatable bonds is 4. The van der Waals surface area contributed by atoms with E-state index >= 15 is 0 Å². The van der Waals surface area contributed by atoms with Crippen molar-refractivity contribution in [2.75, 3.05) is 16.8 Å². The summed E-state index contributed by atoms with van der Waals surface area (Å²) in [5.41, 5.74) is 4.58. The van der Waals surface area contributed by atoms with Crippen molar-refractivity contribution < 1.29 is 14.0 Å². The van der Waals surface area contributed by atoms with Crippen molar-refractivity contribution in [2.45, 2.75) is 19.8 Å². The highest BCUT2D eigenvalue weighted by Crippen LogP contribution is 2.34. The number of fused-ring (bicyclic) bond motifs is 2. The standard InChI is InChI=1S/C23H19N3O3S/c1-2-21(27)26-10-9-15-11-14(7-8-18(15)26)17-13-30-23(24-17)25-22(28)20-12-16-5-3-4-6-19(16)29-20/h3-8,11-13H,2,9-10H2,1H3,(H,24,25,28). The second-order valence-electron chi connectivity index (χ2n) is 7.13. The Morgan fingerprint density at radius 1 is 1.20 bits per heavy atom. The molecule has 2 amide bonds. The maximum Gasteiger partial charge on any atom is 0.293 e. The summed E-state index contributed by atoms with van der Waals surface area (Å²) in [4.78, 5) is 31.0. The van der Waals surface area contributed by atoms with Crippen LogP contribution in [0.2, 0.25) is 0 Å². The average molecular weight is 417 g/mol. The van der Waals surface area contributed by atoms with Gasteiger partial charge in [0.2, 0.25) is 5.91 Å². The molecule has 30 heavy (non-hydrogen) atoms. The molecule has 1 N–H and O–H groups in total. The first-order chi connectivity index (χ1) is 14.6. The van der Waals surface area contributed by atoms with Gasteiger partial charge in [-0.05, 0) is 36.2 Å². The van der Waals surface area contributed by atoms with Crippen molar-refractivity contribution in [1.29, 1.82) is 0 Å². The van der Waals surface area contributed by atoms with E-state index in [4.69, 9.17) is 4.42 Å². The van der Waals surface area contributed by atoms with Gasteiger partial charge in [0.1, 0.15) is 5.58 Å². The van der Waals surface area contributed by atoms with E-state index in [9.17, 15) is 9.59 Å². The van der Waals surface area contributed by atoms with Gasteiger partial charge in [-0.25, -0.2) is 4.98 Å². The summed E-state index contributed by atoms with van der Waals surface area (Å²) in [7, 11) is 0. The third-order valence-electron chi connectivity index (χ3n) is 5.25. The van der Waals surface area contributed by atoms with Crippen molar-refractivity contribution in [3.8, 4) is 11.3 Å². The number of furan rings is 1. The Morgan fingerprint density at radius 3 is 2.90 bits per heavy atom. The Bertz CT molecular complexity index is 1240. The van der Waals surface area contributed by atoms with Crippen molar-refractivity contribution in [1.82, 2.24) is 4.98 Å². The minimum atomic E-state index is -0.324. The molecule has 0 saturated carbocycles. The van der Waals surface area contributed by atoms with Crippen molar-refractivity contribution in [3.63, 3.8) is 0 Å². The molecule has 0 bridgehead atoms. The molecule has 5 rings (SSSR count). The molecule has 0 aliphatic carbocycles. The van der Waals surface area contributed by atoms with Crippen LogP contribution in [-0.2, 0) is 11.2 Å². The number of para-hydroxylation sites is 1. The first kappa shape index (κ1) is 18.6. The number of hydrogen-bond acceptors (Lipinski definition) is 5. The van der Waals surface area contributed by atoms with E-state index in [1.165, 1.54) is 11.3 Å². The molecule has 7 heteroatoms. The van der Waals surface area contributed by atoms with E-state index in [1.807, 2.05) is 53.6 Å². The van der Waals surface area contributed by atoms with Gasteiger partial charge in [-0.3, -0.25) is 14.9 Å². The van der Waals surface area contributed by atoms with Gasteiger partial charge in [0.15, 0.2) is 10.9 Å². The summed E-state index contributed by atoms with van der Waals surface area (Å²) in [6.07, 6.45) is 1.34. The molecule has 4 aromatic rings. The first-order valence-corrected chi connectivity index (χ1v) is 10.7. The smallest absolute Gasteiger partial charge is 0.293 e. The number of nitrogens with zero attached hydrogens (tertiary/aromatic N) is 2. The zero-order valence-electron chi connectivity index (χ0n) is 16.3. The van der Waals surface area contributed by atoms with Crippen LogP contribution in [0.5, 0.6) is 0 Å². The minimum Gasteiger partial charge on any atom is -0.451 e. The van der Waals surface area contributed by atoms with Crippen LogP contribution in [0.3, 0.4) is 0 Å². The van der Waals surface area contributed by atoms with Crippen LogP contribution in [0, 0.1) is 0 Å². The van der Waals surface area contributed by atoms with E-state index < -0.39 is 0 Å². The topological polar surface area (TPSA) is 75.4 Å². The number of carbonyl (C=O) groups excluding carboxylic acids is 2. The molecule has 0 fully saturated rings. The summed E-state index contributed by atoms with van der Waals surface area (Å²) in [5.74, 6) is 0.0756. The highest BCUT2D eigenvalue weighted by atomic mass is 32.1. The summed E-state index contributed by atoms with van der Waals surface area (Å²) < 4.78 is 5.62. The van der Waals surface area contributed by atoms with E-state index in [0.29, 0.717) is 17.1 Å². The highest BCUT2D eigenvalue weighted by molar-refractivity contribution is 7.14. The molecule has 0 atom stereocenters. The molecule has 0 saturated heterocycles. The molecule has 1 aliphatic heterocycles. The molecule has 0 unspecified atom stereocenters. The Morgan fingerprint density at radius 2 is 2.07 bits per heavy atom. The predicted molar refractivity (Wildman–Crippen MR) is 118 cm³/mol. The summed E-state index contributed by atoms with van der Waals surface area (Å²) >= 11 is 1.37. The normalized spacial score (nSPS) is 12.9. The maximum atomic E-state index is 12.5. The minimum absolute atomic E-state index is 0.144. The van der Waals surface area contributed by atoms with Crippen LogP contribution in [0.4, 0.5) is 10.8 Å². The van der Waals surface area contributed by atoms with Crippen LogP contribution < -0.4 is 10.2 Å². The second-order valence-corrected chi connectivity index (χ2v) is 7.99. The van der Waals surface area contributed by atoms with Gasteiger partial charge in [-0.2, -0.15) is 0 Å². The number of amides is 2. The van der Waals surface area contributed by atoms with Crippen LogP contribution >= 0.6 is 11.3 Å². The first-order valence-electron chi connectivity index (χ1n) is 9.81. The molecule has 2 aromatic heterocycles. The van der Waals surface area contributed by atoms with Crippen LogP contribution in [0.15, 0.2) is 58.3 Å². The number of thiazole rings is 1. The molecule has 3 heterocycles. The Balaban J connectivity index is 1.34. The second kappa shape index (κ2) is 7.42. The third kappa shape index (κ3) is 3.27. The number of carbonyl (C=O) groups is 2. The SMILES string of the molecule is CCC(=O)N1CCc2cc(-c3csc(NC(=O)c4cc5ccccc5o4)n3)ccc21. The molecular weight excluding hydrogens is 398 g/mol. The quantitative estimate of drug-likeness (QED) is 0.501. The molecular formula is C23H19N3O3S. The van der Waals surface area contributed by atoms with Crippen LogP contribution in [0.1, 0.15) is 29.5 Å². The van der Waals surface area contributed by atoms with Crippen LogP contribution in [0.25, 0.3) is 22.2 Å². The average Bonchev–Trinajstić information content (AvgIpc) is 3.50. The van der Waals surface area contributed by atoms with Crippen molar-refractivity contribution in [3.05, 3.63) is 65.2 Å². The number of nitrogens with one attached hydrogen (secondary N) is 1. The van der Waals surface area contributed by atoms with E-state index in [-0.39, 0.29) is 17.6 Å². The Hall–Kier alpha value is -3.45.